The molecule has 80 valence electrons. The number of aliphatic carboxylic acids is 3. The topological polar surface area (TPSA) is 120 Å². The van der Waals surface area contributed by atoms with Crippen molar-refractivity contribution in [3.05, 3.63) is 0 Å². The van der Waals surface area contributed by atoms with Crippen LogP contribution in [0, 0.1) is 5.92 Å². The van der Waals surface area contributed by atoms with Gasteiger partial charge in [0.1, 0.15) is 0 Å². The predicted octanol–water partition coefficient (Wildman–Crippen LogP) is -12.6. The molecule has 0 aliphatic rings. The number of carbonyl (C=O) groups is 3. The SMILES string of the molecule is O=C([O-])CCC(CCC(=O)[O-])C(=O)[O-].[K+].[K+].[K+]. The molecule has 0 aliphatic carbocycles. The van der Waals surface area contributed by atoms with Crippen molar-refractivity contribution in [2.75, 3.05) is 0 Å². The Kier molecular flexibility index (Phi) is 29.1. The summed E-state index contributed by atoms with van der Waals surface area (Å²) >= 11 is 0. The van der Waals surface area contributed by atoms with E-state index in [1.54, 1.807) is 0 Å². The van der Waals surface area contributed by atoms with E-state index in [0.29, 0.717) is 0 Å². The first kappa shape index (κ1) is 28.5. The van der Waals surface area contributed by atoms with E-state index in [2.05, 4.69) is 0 Å². The third kappa shape index (κ3) is 19.3. The molecule has 6 nitrogen and oxygen atoms in total. The van der Waals surface area contributed by atoms with Crippen molar-refractivity contribution in [3.8, 4) is 0 Å². The zero-order valence-electron chi connectivity index (χ0n) is 10.4. The molecule has 0 saturated carbocycles. The van der Waals surface area contributed by atoms with Crippen molar-refractivity contribution >= 4 is 17.9 Å². The molecule has 0 amide bonds. The van der Waals surface area contributed by atoms with Crippen LogP contribution in [0.15, 0.2) is 0 Å². The second-order valence-electron chi connectivity index (χ2n) is 2.84. The van der Waals surface area contributed by atoms with Gasteiger partial charge in [-0.25, -0.2) is 0 Å². The average Bonchev–Trinajstić information content (AvgIpc) is 2.02. The molecule has 0 fully saturated rings. The van der Waals surface area contributed by atoms with Crippen molar-refractivity contribution in [1.82, 2.24) is 0 Å². The molecule has 0 unspecified atom stereocenters. The standard InChI is InChI=1S/C8H12O6.3K/c9-6(10)3-1-5(8(13)14)2-4-7(11)12;;;/h5H,1-4H2,(H,9,10)(H,11,12)(H,13,14);;;/q;3*+1/p-3. The molecule has 0 aliphatic heterocycles. The smallest absolute Gasteiger partial charge is 0.550 e. The van der Waals surface area contributed by atoms with Gasteiger partial charge in [-0.2, -0.15) is 0 Å². The van der Waals surface area contributed by atoms with Crippen molar-refractivity contribution in [2.24, 2.45) is 5.92 Å². The Labute approximate surface area is 227 Å². The van der Waals surface area contributed by atoms with Crippen LogP contribution in [0.5, 0.6) is 0 Å². The molecule has 0 N–H and O–H groups in total. The molecular formula is C8H9K3O6. The van der Waals surface area contributed by atoms with Crippen LogP contribution < -0.4 is 169 Å². The fourth-order valence-electron chi connectivity index (χ4n) is 0.964. The van der Waals surface area contributed by atoms with Crippen molar-refractivity contribution < 1.29 is 184 Å². The summed E-state index contributed by atoms with van der Waals surface area (Å²) in [4.78, 5) is 30.4. The predicted molar refractivity (Wildman–Crippen MR) is 37.0 cm³/mol. The van der Waals surface area contributed by atoms with Gasteiger partial charge < -0.3 is 29.7 Å². The maximum atomic E-state index is 10.4. The Morgan fingerprint density at radius 2 is 1.06 bits per heavy atom. The van der Waals surface area contributed by atoms with Gasteiger partial charge in [0.05, 0.1) is 0 Å². The van der Waals surface area contributed by atoms with Crippen LogP contribution in [0.3, 0.4) is 0 Å². The normalized spacial score (nSPS) is 8.29. The molecule has 0 atom stereocenters. The van der Waals surface area contributed by atoms with Crippen molar-refractivity contribution in [1.29, 1.82) is 0 Å². The number of carbonyl (C=O) groups excluding carboxylic acids is 3. The monoisotopic (exact) mass is 318 g/mol. The molecule has 0 aromatic carbocycles. The summed E-state index contributed by atoms with van der Waals surface area (Å²) in [5.74, 6) is -5.27. The molecule has 17 heavy (non-hydrogen) atoms. The van der Waals surface area contributed by atoms with Crippen molar-refractivity contribution in [3.63, 3.8) is 0 Å². The number of carboxylic acid groups (broad SMARTS) is 3. The van der Waals surface area contributed by atoms with Gasteiger partial charge in [0.25, 0.3) is 0 Å². The minimum Gasteiger partial charge on any atom is -0.550 e. The van der Waals surface area contributed by atoms with E-state index < -0.39 is 36.7 Å². The van der Waals surface area contributed by atoms with Gasteiger partial charge in [-0.15, -0.1) is 0 Å². The van der Waals surface area contributed by atoms with E-state index in [0.717, 1.165) is 0 Å². The van der Waals surface area contributed by atoms with Gasteiger partial charge in [-0.05, 0) is 31.6 Å². The van der Waals surface area contributed by atoms with E-state index in [4.69, 9.17) is 0 Å². The largest absolute Gasteiger partial charge is 1.00 e. The molecule has 0 saturated heterocycles. The molecule has 0 rings (SSSR count). The second-order valence-corrected chi connectivity index (χ2v) is 2.84. The first-order valence-electron chi connectivity index (χ1n) is 4.04. The second kappa shape index (κ2) is 17.4. The van der Waals surface area contributed by atoms with E-state index in [-0.39, 0.29) is 167 Å². The molecule has 0 bridgehead atoms. The van der Waals surface area contributed by atoms with Crippen LogP contribution >= 0.6 is 0 Å². The Morgan fingerprint density at radius 3 is 1.24 bits per heavy atom. The Morgan fingerprint density at radius 1 is 0.765 bits per heavy atom. The van der Waals surface area contributed by atoms with Crippen LogP contribution in [0.25, 0.3) is 0 Å². The van der Waals surface area contributed by atoms with E-state index >= 15 is 0 Å². The Bertz CT molecular complexity index is 227. The Balaban J connectivity index is -0.000000282. The molecular weight excluding hydrogens is 309 g/mol. The minimum atomic E-state index is -1.45. The fraction of sp³-hybridized carbons (Fsp3) is 0.625. The first-order chi connectivity index (χ1) is 6.43. The van der Waals surface area contributed by atoms with Crippen molar-refractivity contribution in [2.45, 2.75) is 25.7 Å². The van der Waals surface area contributed by atoms with Crippen LogP contribution in [-0.2, 0) is 14.4 Å². The van der Waals surface area contributed by atoms with E-state index in [1.807, 2.05) is 0 Å². The zero-order valence-corrected chi connectivity index (χ0v) is 19.7. The first-order valence-corrected chi connectivity index (χ1v) is 4.04. The van der Waals surface area contributed by atoms with E-state index in [9.17, 15) is 29.7 Å². The van der Waals surface area contributed by atoms with Gasteiger partial charge >= 0.3 is 154 Å². The summed E-state index contributed by atoms with van der Waals surface area (Å²) in [6, 6.07) is 0. The van der Waals surface area contributed by atoms with Crippen LogP contribution in [0.2, 0.25) is 0 Å². The zero-order chi connectivity index (χ0) is 11.1. The number of carboxylic acids is 3. The number of rotatable bonds is 7. The van der Waals surface area contributed by atoms with Gasteiger partial charge in [0.2, 0.25) is 0 Å². The summed E-state index contributed by atoms with van der Waals surface area (Å²) in [7, 11) is 0. The Hall–Kier alpha value is 3.32. The maximum Gasteiger partial charge on any atom is 1.00 e. The van der Waals surface area contributed by atoms with Gasteiger partial charge in [0.15, 0.2) is 0 Å². The molecule has 9 heteroatoms. The number of hydrogen-bond acceptors (Lipinski definition) is 6. The molecule has 0 aromatic rings. The third-order valence-electron chi connectivity index (χ3n) is 1.73. The van der Waals surface area contributed by atoms with E-state index in [1.165, 1.54) is 0 Å². The average molecular weight is 318 g/mol. The maximum absolute atomic E-state index is 10.4. The van der Waals surface area contributed by atoms with Gasteiger partial charge in [-0.3, -0.25) is 0 Å². The molecule has 0 heterocycles. The molecule has 0 radical (unpaired) electrons. The molecule has 0 aromatic heterocycles. The summed E-state index contributed by atoms with van der Waals surface area (Å²) in [5, 5.41) is 30.4. The van der Waals surface area contributed by atoms with Gasteiger partial charge in [-0.1, -0.05) is 0 Å². The summed E-state index contributed by atoms with van der Waals surface area (Å²) in [6.07, 6.45) is -1.21. The van der Waals surface area contributed by atoms with Crippen LogP contribution in [0.4, 0.5) is 0 Å². The van der Waals surface area contributed by atoms with Gasteiger partial charge in [0, 0.05) is 17.9 Å². The summed E-state index contributed by atoms with van der Waals surface area (Å²) in [6.45, 7) is 0. The minimum absolute atomic E-state index is 0. The summed E-state index contributed by atoms with van der Waals surface area (Å²) < 4.78 is 0. The van der Waals surface area contributed by atoms with Crippen LogP contribution in [-0.4, -0.2) is 17.9 Å². The quantitative estimate of drug-likeness (QED) is 0.430. The fourth-order valence-corrected chi connectivity index (χ4v) is 0.964. The third-order valence-corrected chi connectivity index (χ3v) is 1.73. The van der Waals surface area contributed by atoms with Crippen LogP contribution in [0.1, 0.15) is 25.7 Å². The summed E-state index contributed by atoms with van der Waals surface area (Å²) in [5.41, 5.74) is 0. The molecule has 0 spiro atoms. The number of hydrogen-bond donors (Lipinski definition) is 0.